The van der Waals surface area contributed by atoms with E-state index < -0.39 is 12.2 Å². The van der Waals surface area contributed by atoms with Crippen LogP contribution >= 0.6 is 0 Å². The van der Waals surface area contributed by atoms with E-state index >= 15 is 0 Å². The monoisotopic (exact) mass is 218 g/mol. The molecule has 1 N–H and O–H groups in total. The van der Waals surface area contributed by atoms with E-state index in [0.29, 0.717) is 0 Å². The quantitative estimate of drug-likeness (QED) is 0.843. The van der Waals surface area contributed by atoms with Crippen LogP contribution in [-0.4, -0.2) is 17.2 Å². The van der Waals surface area contributed by atoms with E-state index in [2.05, 4.69) is 10.3 Å². The van der Waals surface area contributed by atoms with Crippen LogP contribution in [0.15, 0.2) is 24.5 Å². The molecule has 1 heterocycles. The van der Waals surface area contributed by atoms with E-state index in [9.17, 15) is 13.2 Å². The molecular formula is C10H13F3N2. The number of nitrogens with one attached hydrogen (secondary N) is 1. The summed E-state index contributed by atoms with van der Waals surface area (Å²) in [5, 5.41) is 2.47. The normalized spacial score (nSPS) is 14.3. The average Bonchev–Trinajstić information content (AvgIpc) is 2.14. The summed E-state index contributed by atoms with van der Waals surface area (Å²) in [6.45, 7) is 3.35. The van der Waals surface area contributed by atoms with Gasteiger partial charge in [0, 0.05) is 18.4 Å². The van der Waals surface area contributed by atoms with E-state index in [1.54, 1.807) is 13.8 Å². The van der Waals surface area contributed by atoms with Crippen LogP contribution in [0.4, 0.5) is 13.2 Å². The van der Waals surface area contributed by atoms with Crippen molar-refractivity contribution in [2.75, 3.05) is 0 Å². The Morgan fingerprint density at radius 1 is 1.33 bits per heavy atom. The first kappa shape index (κ1) is 12.0. The van der Waals surface area contributed by atoms with Crippen LogP contribution in [0.3, 0.4) is 0 Å². The Hall–Kier alpha value is -1.10. The lowest BCUT2D eigenvalue weighted by molar-refractivity contribution is -0.159. The van der Waals surface area contributed by atoms with Gasteiger partial charge >= 0.3 is 6.18 Å². The summed E-state index contributed by atoms with van der Waals surface area (Å²) >= 11 is 0. The lowest BCUT2D eigenvalue weighted by atomic mass is 10.1. The van der Waals surface area contributed by atoms with Crippen molar-refractivity contribution in [1.29, 1.82) is 0 Å². The van der Waals surface area contributed by atoms with Crippen molar-refractivity contribution >= 4 is 0 Å². The van der Waals surface area contributed by atoms with Gasteiger partial charge in [0.2, 0.25) is 0 Å². The van der Waals surface area contributed by atoms with Crippen molar-refractivity contribution < 1.29 is 13.2 Å². The maximum absolute atomic E-state index is 12.7. The van der Waals surface area contributed by atoms with Crippen LogP contribution in [0.5, 0.6) is 0 Å². The zero-order chi connectivity index (χ0) is 11.5. The maximum atomic E-state index is 12.7. The standard InChI is InChI=1S/C10H13F3N2/c1-7(2)15-9(10(11,12)13)8-4-3-5-14-6-8/h3-7,9,15H,1-2H3. The number of hydrogen-bond donors (Lipinski definition) is 1. The number of alkyl halides is 3. The lowest BCUT2D eigenvalue weighted by Crippen LogP contribution is -2.38. The van der Waals surface area contributed by atoms with Gasteiger partial charge in [-0.2, -0.15) is 13.2 Å². The predicted octanol–water partition coefficient (Wildman–Crippen LogP) is 2.68. The second-order valence-corrected chi connectivity index (χ2v) is 3.58. The molecule has 1 aromatic rings. The first-order chi connectivity index (χ1) is 6.91. The number of pyridine rings is 1. The van der Waals surface area contributed by atoms with Gasteiger partial charge in [0.05, 0.1) is 0 Å². The van der Waals surface area contributed by atoms with Crippen molar-refractivity contribution in [3.63, 3.8) is 0 Å². The summed E-state index contributed by atoms with van der Waals surface area (Å²) in [5.74, 6) is 0. The Bertz CT molecular complexity index is 295. The molecule has 0 spiro atoms. The average molecular weight is 218 g/mol. The maximum Gasteiger partial charge on any atom is 0.407 e. The van der Waals surface area contributed by atoms with E-state index in [1.165, 1.54) is 24.5 Å². The van der Waals surface area contributed by atoms with Gasteiger partial charge in [0.1, 0.15) is 6.04 Å². The van der Waals surface area contributed by atoms with Crippen molar-refractivity contribution in [1.82, 2.24) is 10.3 Å². The Morgan fingerprint density at radius 3 is 2.40 bits per heavy atom. The summed E-state index contributed by atoms with van der Waals surface area (Å²) < 4.78 is 38.0. The molecule has 1 rings (SSSR count). The SMILES string of the molecule is CC(C)NC(c1cccnc1)C(F)(F)F. The summed E-state index contributed by atoms with van der Waals surface area (Å²) in [6.07, 6.45) is -1.62. The van der Waals surface area contributed by atoms with Gasteiger partial charge in [-0.1, -0.05) is 19.9 Å². The zero-order valence-electron chi connectivity index (χ0n) is 8.55. The molecule has 0 radical (unpaired) electrons. The van der Waals surface area contributed by atoms with E-state index in [4.69, 9.17) is 0 Å². The Labute approximate surface area is 86.5 Å². The van der Waals surface area contributed by atoms with Gasteiger partial charge in [-0.25, -0.2) is 0 Å². The molecule has 1 aromatic heterocycles. The third kappa shape index (κ3) is 3.51. The lowest BCUT2D eigenvalue weighted by Gasteiger charge is -2.23. The van der Waals surface area contributed by atoms with Gasteiger partial charge in [-0.05, 0) is 11.6 Å². The fourth-order valence-corrected chi connectivity index (χ4v) is 1.26. The zero-order valence-corrected chi connectivity index (χ0v) is 8.55. The number of nitrogens with zero attached hydrogens (tertiary/aromatic N) is 1. The molecule has 84 valence electrons. The highest BCUT2D eigenvalue weighted by atomic mass is 19.4. The van der Waals surface area contributed by atoms with Gasteiger partial charge in [0.15, 0.2) is 0 Å². The molecule has 2 nitrogen and oxygen atoms in total. The third-order valence-electron chi connectivity index (χ3n) is 1.85. The molecule has 1 atom stereocenters. The van der Waals surface area contributed by atoms with Crippen molar-refractivity contribution in [3.05, 3.63) is 30.1 Å². The van der Waals surface area contributed by atoms with Crippen molar-refractivity contribution in [2.24, 2.45) is 0 Å². The Morgan fingerprint density at radius 2 is 2.00 bits per heavy atom. The van der Waals surface area contributed by atoms with Gasteiger partial charge in [-0.3, -0.25) is 4.98 Å². The molecule has 0 saturated heterocycles. The Balaban J connectivity index is 2.92. The molecule has 0 aliphatic heterocycles. The highest BCUT2D eigenvalue weighted by Gasteiger charge is 2.40. The largest absolute Gasteiger partial charge is 0.407 e. The van der Waals surface area contributed by atoms with Gasteiger partial charge < -0.3 is 5.32 Å². The second kappa shape index (κ2) is 4.61. The first-order valence-corrected chi connectivity index (χ1v) is 4.64. The van der Waals surface area contributed by atoms with Crippen LogP contribution < -0.4 is 5.32 Å². The minimum absolute atomic E-state index is 0.138. The molecule has 0 fully saturated rings. The molecule has 0 aliphatic carbocycles. The number of rotatable bonds is 3. The summed E-state index contributed by atoms with van der Waals surface area (Å²) in [6, 6.07) is 1.03. The molecule has 0 bridgehead atoms. The van der Waals surface area contributed by atoms with Crippen molar-refractivity contribution in [2.45, 2.75) is 32.1 Å². The summed E-state index contributed by atoms with van der Waals surface area (Å²) in [5.41, 5.74) is 0.138. The highest BCUT2D eigenvalue weighted by molar-refractivity contribution is 5.15. The van der Waals surface area contributed by atoms with E-state index in [1.807, 2.05) is 0 Å². The topological polar surface area (TPSA) is 24.9 Å². The fourth-order valence-electron chi connectivity index (χ4n) is 1.26. The van der Waals surface area contributed by atoms with Crippen LogP contribution in [0.25, 0.3) is 0 Å². The minimum atomic E-state index is -4.30. The van der Waals surface area contributed by atoms with Gasteiger partial charge in [0.25, 0.3) is 0 Å². The van der Waals surface area contributed by atoms with E-state index in [0.717, 1.165) is 0 Å². The number of hydrogen-bond acceptors (Lipinski definition) is 2. The minimum Gasteiger partial charge on any atom is -0.300 e. The van der Waals surface area contributed by atoms with Crippen LogP contribution in [0, 0.1) is 0 Å². The summed E-state index contributed by atoms with van der Waals surface area (Å²) in [7, 11) is 0. The number of halogens is 3. The molecule has 0 saturated carbocycles. The van der Waals surface area contributed by atoms with Crippen LogP contribution in [0.2, 0.25) is 0 Å². The third-order valence-corrected chi connectivity index (χ3v) is 1.85. The summed E-state index contributed by atoms with van der Waals surface area (Å²) in [4.78, 5) is 3.69. The molecule has 5 heteroatoms. The number of aromatic nitrogens is 1. The van der Waals surface area contributed by atoms with Crippen LogP contribution in [-0.2, 0) is 0 Å². The second-order valence-electron chi connectivity index (χ2n) is 3.58. The molecule has 0 amide bonds. The molecule has 0 aliphatic rings. The molecule has 1 unspecified atom stereocenters. The molecule has 15 heavy (non-hydrogen) atoms. The van der Waals surface area contributed by atoms with Gasteiger partial charge in [-0.15, -0.1) is 0 Å². The van der Waals surface area contributed by atoms with Crippen molar-refractivity contribution in [3.8, 4) is 0 Å². The first-order valence-electron chi connectivity index (χ1n) is 4.64. The molecule has 0 aromatic carbocycles. The predicted molar refractivity (Wildman–Crippen MR) is 51.3 cm³/mol. The fraction of sp³-hybridized carbons (Fsp3) is 0.500. The van der Waals surface area contributed by atoms with Crippen LogP contribution in [0.1, 0.15) is 25.5 Å². The molecular weight excluding hydrogens is 205 g/mol. The smallest absolute Gasteiger partial charge is 0.300 e. The van der Waals surface area contributed by atoms with E-state index in [-0.39, 0.29) is 11.6 Å². The Kier molecular flexibility index (Phi) is 3.68. The highest BCUT2D eigenvalue weighted by Crippen LogP contribution is 2.32.